The van der Waals surface area contributed by atoms with Gasteiger partial charge in [0, 0.05) is 37.2 Å². The summed E-state index contributed by atoms with van der Waals surface area (Å²) in [6, 6.07) is 12.3. The van der Waals surface area contributed by atoms with Gasteiger partial charge in [-0.1, -0.05) is 11.6 Å². The van der Waals surface area contributed by atoms with Crippen LogP contribution in [-0.4, -0.2) is 36.6 Å². The summed E-state index contributed by atoms with van der Waals surface area (Å²) < 4.78 is 20.9. The Morgan fingerprint density at radius 2 is 1.76 bits per heavy atom. The standard InChI is InChI=1S/C21H19ClFN3O3/c1-29-11-8-24-20(27)15-4-6-16(22)18(13-15)25-21(28)14-5-7-19(17(23)12-14)26-9-2-3-10-26/h2-7,9-10,12-13H,8,11H2,1H3,(H,24,27)(H,25,28). The Bertz CT molecular complexity index is 1020. The number of methoxy groups -OCH3 is 1. The van der Waals surface area contributed by atoms with E-state index in [4.69, 9.17) is 16.3 Å². The molecule has 2 aromatic carbocycles. The zero-order chi connectivity index (χ0) is 20.8. The van der Waals surface area contributed by atoms with Crippen molar-refractivity contribution in [3.8, 4) is 5.69 Å². The third kappa shape index (κ3) is 5.01. The normalized spacial score (nSPS) is 10.6. The lowest BCUT2D eigenvalue weighted by Gasteiger charge is -2.11. The fourth-order valence-electron chi connectivity index (χ4n) is 2.68. The Kier molecular flexibility index (Phi) is 6.64. The minimum absolute atomic E-state index is 0.129. The van der Waals surface area contributed by atoms with Gasteiger partial charge in [0.15, 0.2) is 0 Å². The summed E-state index contributed by atoms with van der Waals surface area (Å²) in [7, 11) is 1.54. The SMILES string of the molecule is COCCNC(=O)c1ccc(Cl)c(NC(=O)c2ccc(-n3cccc3)c(F)c2)c1. The summed E-state index contributed by atoms with van der Waals surface area (Å²) in [6.07, 6.45) is 3.42. The summed E-state index contributed by atoms with van der Waals surface area (Å²) in [5.74, 6) is -1.40. The topological polar surface area (TPSA) is 72.4 Å². The van der Waals surface area contributed by atoms with E-state index >= 15 is 0 Å². The van der Waals surface area contributed by atoms with Crippen LogP contribution in [0.1, 0.15) is 20.7 Å². The van der Waals surface area contributed by atoms with Gasteiger partial charge in [-0.3, -0.25) is 9.59 Å². The van der Waals surface area contributed by atoms with Crippen molar-refractivity contribution in [1.29, 1.82) is 0 Å². The molecule has 0 atom stereocenters. The predicted octanol–water partition coefficient (Wildman–Crippen LogP) is 3.90. The van der Waals surface area contributed by atoms with Crippen LogP contribution in [-0.2, 0) is 4.74 Å². The third-order valence-electron chi connectivity index (χ3n) is 4.16. The van der Waals surface area contributed by atoms with E-state index < -0.39 is 11.7 Å². The Morgan fingerprint density at radius 3 is 2.45 bits per heavy atom. The molecule has 3 rings (SSSR count). The first-order valence-corrected chi connectivity index (χ1v) is 9.18. The molecule has 0 unspecified atom stereocenters. The second-order valence-electron chi connectivity index (χ2n) is 6.15. The van der Waals surface area contributed by atoms with Gasteiger partial charge in [0.1, 0.15) is 5.82 Å². The van der Waals surface area contributed by atoms with Crippen LogP contribution >= 0.6 is 11.6 Å². The Hall–Kier alpha value is -3.16. The Balaban J connectivity index is 1.75. The number of hydrogen-bond donors (Lipinski definition) is 2. The maximum absolute atomic E-state index is 14.4. The summed E-state index contributed by atoms with van der Waals surface area (Å²) >= 11 is 6.14. The molecule has 0 spiro atoms. The summed E-state index contributed by atoms with van der Waals surface area (Å²) in [6.45, 7) is 0.736. The Morgan fingerprint density at radius 1 is 1.07 bits per heavy atom. The molecule has 2 N–H and O–H groups in total. The van der Waals surface area contributed by atoms with E-state index in [-0.39, 0.29) is 22.2 Å². The predicted molar refractivity (Wildman–Crippen MR) is 109 cm³/mol. The monoisotopic (exact) mass is 415 g/mol. The molecule has 29 heavy (non-hydrogen) atoms. The summed E-state index contributed by atoms with van der Waals surface area (Å²) in [4.78, 5) is 24.7. The van der Waals surface area contributed by atoms with Crippen molar-refractivity contribution in [2.45, 2.75) is 0 Å². The number of anilines is 1. The van der Waals surface area contributed by atoms with Crippen LogP contribution < -0.4 is 10.6 Å². The van der Waals surface area contributed by atoms with Gasteiger partial charge in [-0.2, -0.15) is 0 Å². The average Bonchev–Trinajstić information content (AvgIpc) is 3.24. The highest BCUT2D eigenvalue weighted by atomic mass is 35.5. The van der Waals surface area contributed by atoms with Gasteiger partial charge >= 0.3 is 0 Å². The number of amides is 2. The van der Waals surface area contributed by atoms with Gasteiger partial charge < -0.3 is 19.9 Å². The van der Waals surface area contributed by atoms with Crippen molar-refractivity contribution in [3.05, 3.63) is 82.9 Å². The highest BCUT2D eigenvalue weighted by molar-refractivity contribution is 6.34. The van der Waals surface area contributed by atoms with E-state index in [0.29, 0.717) is 24.4 Å². The molecule has 0 aliphatic carbocycles. The van der Waals surface area contributed by atoms with E-state index in [1.807, 2.05) is 0 Å². The van der Waals surface area contributed by atoms with Gasteiger partial charge in [-0.05, 0) is 48.5 Å². The average molecular weight is 416 g/mol. The number of carbonyl (C=O) groups is 2. The molecule has 8 heteroatoms. The smallest absolute Gasteiger partial charge is 0.255 e. The van der Waals surface area contributed by atoms with E-state index in [9.17, 15) is 14.0 Å². The maximum Gasteiger partial charge on any atom is 0.255 e. The molecule has 0 aliphatic heterocycles. The van der Waals surface area contributed by atoms with E-state index in [1.54, 1.807) is 35.2 Å². The first-order chi connectivity index (χ1) is 14.0. The number of ether oxygens (including phenoxy) is 1. The molecule has 0 fully saturated rings. The molecule has 0 radical (unpaired) electrons. The van der Waals surface area contributed by atoms with Crippen LogP contribution in [0.2, 0.25) is 5.02 Å². The molecule has 0 aliphatic rings. The first-order valence-electron chi connectivity index (χ1n) is 8.80. The van der Waals surface area contributed by atoms with Crippen molar-refractivity contribution in [3.63, 3.8) is 0 Å². The van der Waals surface area contributed by atoms with Gasteiger partial charge in [-0.15, -0.1) is 0 Å². The second-order valence-corrected chi connectivity index (χ2v) is 6.56. The van der Waals surface area contributed by atoms with Crippen molar-refractivity contribution in [2.24, 2.45) is 0 Å². The van der Waals surface area contributed by atoms with Crippen LogP contribution in [0.15, 0.2) is 60.9 Å². The third-order valence-corrected chi connectivity index (χ3v) is 4.49. The summed E-state index contributed by atoms with van der Waals surface area (Å²) in [5, 5.41) is 5.57. The number of nitrogens with zero attached hydrogens (tertiary/aromatic N) is 1. The highest BCUT2D eigenvalue weighted by Gasteiger charge is 2.14. The molecular weight excluding hydrogens is 397 g/mol. The molecule has 0 bridgehead atoms. The minimum Gasteiger partial charge on any atom is -0.383 e. The molecule has 0 saturated heterocycles. The van der Waals surface area contributed by atoms with Gasteiger partial charge in [0.25, 0.3) is 11.8 Å². The first kappa shape index (κ1) is 20.6. The molecule has 6 nitrogen and oxygen atoms in total. The van der Waals surface area contributed by atoms with Crippen LogP contribution in [0.3, 0.4) is 0 Å². The second kappa shape index (κ2) is 9.36. The number of benzene rings is 2. The van der Waals surface area contributed by atoms with Gasteiger partial charge in [-0.25, -0.2) is 4.39 Å². The molecular formula is C21H19ClFN3O3. The lowest BCUT2D eigenvalue weighted by molar-refractivity contribution is 0.0936. The fourth-order valence-corrected chi connectivity index (χ4v) is 2.84. The van der Waals surface area contributed by atoms with Crippen LogP contribution in [0.4, 0.5) is 10.1 Å². The molecule has 3 aromatic rings. The molecule has 2 amide bonds. The van der Waals surface area contributed by atoms with E-state index in [1.165, 1.54) is 31.4 Å². The van der Waals surface area contributed by atoms with Crippen LogP contribution in [0.5, 0.6) is 0 Å². The molecule has 1 heterocycles. The van der Waals surface area contributed by atoms with Crippen LogP contribution in [0, 0.1) is 5.82 Å². The zero-order valence-corrected chi connectivity index (χ0v) is 16.4. The van der Waals surface area contributed by atoms with Crippen molar-refractivity contribution in [2.75, 3.05) is 25.6 Å². The van der Waals surface area contributed by atoms with E-state index in [0.717, 1.165) is 6.07 Å². The number of hydrogen-bond acceptors (Lipinski definition) is 3. The van der Waals surface area contributed by atoms with Crippen LogP contribution in [0.25, 0.3) is 5.69 Å². The Labute approximate surface area is 172 Å². The number of rotatable bonds is 7. The zero-order valence-electron chi connectivity index (χ0n) is 15.6. The quantitative estimate of drug-likeness (QED) is 0.575. The lowest BCUT2D eigenvalue weighted by atomic mass is 10.1. The summed E-state index contributed by atoms with van der Waals surface area (Å²) in [5.41, 5.74) is 1.05. The maximum atomic E-state index is 14.4. The van der Waals surface area contributed by atoms with Crippen molar-refractivity contribution < 1.29 is 18.7 Å². The number of aromatic nitrogens is 1. The number of carbonyl (C=O) groups excluding carboxylic acids is 2. The van der Waals surface area contributed by atoms with E-state index in [2.05, 4.69) is 10.6 Å². The van der Waals surface area contributed by atoms with Crippen molar-refractivity contribution in [1.82, 2.24) is 9.88 Å². The molecule has 1 aromatic heterocycles. The fraction of sp³-hybridized carbons (Fsp3) is 0.143. The molecule has 150 valence electrons. The molecule has 0 saturated carbocycles. The van der Waals surface area contributed by atoms with Gasteiger partial charge in [0.2, 0.25) is 0 Å². The van der Waals surface area contributed by atoms with Crippen molar-refractivity contribution >= 4 is 29.1 Å². The number of halogens is 2. The largest absolute Gasteiger partial charge is 0.383 e. The minimum atomic E-state index is -0.540. The highest BCUT2D eigenvalue weighted by Crippen LogP contribution is 2.24. The van der Waals surface area contributed by atoms with Gasteiger partial charge in [0.05, 0.1) is 23.0 Å². The lowest BCUT2D eigenvalue weighted by Crippen LogP contribution is -2.27. The number of nitrogens with one attached hydrogen (secondary N) is 2.